The molecule has 13 rings (SSSR count). The lowest BCUT2D eigenvalue weighted by Gasteiger charge is -2.14. The van der Waals surface area contributed by atoms with Crippen LogP contribution < -0.4 is 0 Å². The molecule has 4 aromatic heterocycles. The summed E-state index contributed by atoms with van der Waals surface area (Å²) in [6, 6.07) is 77.9. The van der Waals surface area contributed by atoms with Crippen LogP contribution in [0, 0.1) is 0 Å². The number of hydrogen-bond donors (Lipinski definition) is 0. The molecule has 13 aromatic rings. The van der Waals surface area contributed by atoms with Crippen molar-refractivity contribution in [1.82, 2.24) is 13.7 Å². The summed E-state index contributed by atoms with van der Waals surface area (Å²) in [5.74, 6) is 0. The molecule has 0 unspecified atom stereocenters. The molecule has 280 valence electrons. The molecule has 0 spiro atoms. The first-order valence-corrected chi connectivity index (χ1v) is 21.3. The molecule has 0 amide bonds. The fraction of sp³-hybridized carbons (Fsp3) is 0. The molecule has 0 bridgehead atoms. The van der Waals surface area contributed by atoms with Crippen LogP contribution in [-0.4, -0.2) is 13.7 Å². The SMILES string of the molecule is c1ccc(-c2ccc(-n3c4ccc(-c5ccc6c(c5)c5cc7c(cc5n6-c5ccccc5)sc5ccccc57)cc4c4c5ccccc5n(-c5ccccc5)c43)cc2)cc1. The van der Waals surface area contributed by atoms with E-state index >= 15 is 0 Å². The highest BCUT2D eigenvalue weighted by Gasteiger charge is 2.23. The monoisotopic (exact) mass is 781 g/mol. The molecule has 3 nitrogen and oxygen atoms in total. The quantitative estimate of drug-likeness (QED) is 0.165. The van der Waals surface area contributed by atoms with Gasteiger partial charge in [0.2, 0.25) is 0 Å². The number of nitrogens with zero attached hydrogens (tertiary/aromatic N) is 3. The van der Waals surface area contributed by atoms with Gasteiger partial charge in [0.1, 0.15) is 5.65 Å². The van der Waals surface area contributed by atoms with Gasteiger partial charge in [-0.15, -0.1) is 11.3 Å². The van der Waals surface area contributed by atoms with Crippen molar-refractivity contribution >= 4 is 86.2 Å². The minimum Gasteiger partial charge on any atom is -0.309 e. The highest BCUT2D eigenvalue weighted by Crippen LogP contribution is 2.44. The second kappa shape index (κ2) is 12.9. The van der Waals surface area contributed by atoms with Gasteiger partial charge >= 0.3 is 0 Å². The van der Waals surface area contributed by atoms with Gasteiger partial charge in [-0.1, -0.05) is 127 Å². The molecule has 0 aliphatic carbocycles. The van der Waals surface area contributed by atoms with Gasteiger partial charge in [0.15, 0.2) is 0 Å². The molecule has 4 heteroatoms. The topological polar surface area (TPSA) is 14.8 Å². The maximum atomic E-state index is 2.46. The smallest absolute Gasteiger partial charge is 0.131 e. The zero-order chi connectivity index (χ0) is 39.3. The number of fused-ring (bicyclic) bond motifs is 11. The van der Waals surface area contributed by atoms with Gasteiger partial charge in [0.25, 0.3) is 0 Å². The van der Waals surface area contributed by atoms with Crippen molar-refractivity contribution in [1.29, 1.82) is 0 Å². The summed E-state index contributed by atoms with van der Waals surface area (Å²) in [4.78, 5) is 0. The predicted molar refractivity (Wildman–Crippen MR) is 256 cm³/mol. The third-order valence-corrected chi connectivity index (χ3v) is 13.6. The van der Waals surface area contributed by atoms with E-state index < -0.39 is 0 Å². The van der Waals surface area contributed by atoms with Crippen LogP contribution in [0.4, 0.5) is 0 Å². The van der Waals surface area contributed by atoms with Gasteiger partial charge in [-0.25, -0.2) is 0 Å². The summed E-state index contributed by atoms with van der Waals surface area (Å²) in [7, 11) is 0. The molecule has 0 N–H and O–H groups in total. The van der Waals surface area contributed by atoms with Crippen LogP contribution in [0.15, 0.2) is 212 Å². The van der Waals surface area contributed by atoms with Crippen LogP contribution in [-0.2, 0) is 0 Å². The average Bonchev–Trinajstić information content (AvgIpc) is 4.04. The maximum absolute atomic E-state index is 2.46. The van der Waals surface area contributed by atoms with Crippen molar-refractivity contribution in [2.24, 2.45) is 0 Å². The van der Waals surface area contributed by atoms with Crippen molar-refractivity contribution in [2.45, 2.75) is 0 Å². The average molecular weight is 782 g/mol. The Hall–Kier alpha value is -7.66. The number of rotatable bonds is 5. The summed E-state index contributed by atoms with van der Waals surface area (Å²) in [5, 5.41) is 8.89. The zero-order valence-corrected chi connectivity index (χ0v) is 33.3. The number of aromatic nitrogens is 3. The predicted octanol–water partition coefficient (Wildman–Crippen LogP) is 15.5. The maximum Gasteiger partial charge on any atom is 0.131 e. The van der Waals surface area contributed by atoms with Gasteiger partial charge in [-0.05, 0) is 107 Å². The van der Waals surface area contributed by atoms with Gasteiger partial charge in [0, 0.05) is 64.2 Å². The number of benzene rings is 9. The van der Waals surface area contributed by atoms with Crippen LogP contribution in [0.25, 0.3) is 114 Å². The first kappa shape index (κ1) is 33.3. The molecule has 0 atom stereocenters. The lowest BCUT2D eigenvalue weighted by Crippen LogP contribution is -2.01. The zero-order valence-electron chi connectivity index (χ0n) is 32.5. The number of thiophene rings is 1. The Morgan fingerprint density at radius 2 is 0.767 bits per heavy atom. The number of hydrogen-bond acceptors (Lipinski definition) is 1. The summed E-state index contributed by atoms with van der Waals surface area (Å²) in [5.41, 5.74) is 14.2. The number of para-hydroxylation sites is 3. The van der Waals surface area contributed by atoms with E-state index in [0.717, 1.165) is 17.0 Å². The van der Waals surface area contributed by atoms with E-state index in [1.807, 2.05) is 11.3 Å². The van der Waals surface area contributed by atoms with E-state index in [4.69, 9.17) is 0 Å². The Kier molecular flexibility index (Phi) is 7.18. The standard InChI is InChI=1S/C56H35N3S/c1-4-14-36(15-5-1)37-24-28-42(29-25-37)59-51-31-27-39(33-48(51)55-44-21-10-12-22-49(44)58(56(55)59)41-18-8-3-9-19-41)38-26-30-50-45(32-38)46-34-47-43-20-11-13-23-53(43)60-54(47)35-52(46)57(50)40-16-6-2-7-17-40/h1-35H. The van der Waals surface area contributed by atoms with Crippen molar-refractivity contribution in [2.75, 3.05) is 0 Å². The van der Waals surface area contributed by atoms with Gasteiger partial charge < -0.3 is 4.57 Å². The molecule has 60 heavy (non-hydrogen) atoms. The summed E-state index contributed by atoms with van der Waals surface area (Å²) in [6.07, 6.45) is 0. The first-order valence-electron chi connectivity index (χ1n) is 20.5. The van der Waals surface area contributed by atoms with E-state index in [1.165, 1.54) is 97.1 Å². The van der Waals surface area contributed by atoms with E-state index in [0.29, 0.717) is 0 Å². The summed E-state index contributed by atoms with van der Waals surface area (Å²) >= 11 is 1.88. The molecule has 9 aromatic carbocycles. The van der Waals surface area contributed by atoms with Gasteiger partial charge in [0.05, 0.1) is 22.1 Å². The van der Waals surface area contributed by atoms with E-state index in [2.05, 4.69) is 226 Å². The normalized spacial score (nSPS) is 12.0. The van der Waals surface area contributed by atoms with E-state index in [9.17, 15) is 0 Å². The van der Waals surface area contributed by atoms with Crippen molar-refractivity contribution in [3.05, 3.63) is 212 Å². The lowest BCUT2D eigenvalue weighted by molar-refractivity contribution is 1.07. The molecule has 4 heterocycles. The molecule has 0 fully saturated rings. The third kappa shape index (κ3) is 4.89. The molecule has 0 aliphatic rings. The Labute approximate surface area is 349 Å². The van der Waals surface area contributed by atoms with Crippen molar-refractivity contribution < 1.29 is 0 Å². The first-order chi connectivity index (χ1) is 29.8. The fourth-order valence-electron chi connectivity index (χ4n) is 9.73. The Morgan fingerprint density at radius 3 is 1.48 bits per heavy atom. The van der Waals surface area contributed by atoms with Crippen LogP contribution in [0.3, 0.4) is 0 Å². The van der Waals surface area contributed by atoms with Crippen LogP contribution in [0.2, 0.25) is 0 Å². The summed E-state index contributed by atoms with van der Waals surface area (Å²) in [6.45, 7) is 0. The Balaban J connectivity index is 1.07. The molecule has 0 radical (unpaired) electrons. The Morgan fingerprint density at radius 1 is 0.267 bits per heavy atom. The van der Waals surface area contributed by atoms with Crippen LogP contribution >= 0.6 is 11.3 Å². The third-order valence-electron chi connectivity index (χ3n) is 12.4. The minimum absolute atomic E-state index is 1.13. The summed E-state index contributed by atoms with van der Waals surface area (Å²) < 4.78 is 9.97. The second-order valence-corrected chi connectivity index (χ2v) is 16.8. The molecular formula is C56H35N3S. The molecule has 0 aliphatic heterocycles. The Bertz CT molecular complexity index is 3790. The molecular weight excluding hydrogens is 747 g/mol. The van der Waals surface area contributed by atoms with Gasteiger partial charge in [-0.3, -0.25) is 9.13 Å². The highest BCUT2D eigenvalue weighted by molar-refractivity contribution is 7.25. The van der Waals surface area contributed by atoms with Crippen molar-refractivity contribution in [3.63, 3.8) is 0 Å². The van der Waals surface area contributed by atoms with Crippen molar-refractivity contribution in [3.8, 4) is 39.3 Å². The van der Waals surface area contributed by atoms with E-state index in [-0.39, 0.29) is 0 Å². The second-order valence-electron chi connectivity index (χ2n) is 15.7. The molecule has 0 saturated carbocycles. The largest absolute Gasteiger partial charge is 0.309 e. The highest BCUT2D eigenvalue weighted by atomic mass is 32.1. The molecule has 0 saturated heterocycles. The van der Waals surface area contributed by atoms with E-state index in [1.54, 1.807) is 0 Å². The fourth-order valence-corrected chi connectivity index (χ4v) is 10.9. The van der Waals surface area contributed by atoms with Crippen LogP contribution in [0.1, 0.15) is 0 Å². The minimum atomic E-state index is 1.13. The van der Waals surface area contributed by atoms with Crippen LogP contribution in [0.5, 0.6) is 0 Å². The lowest BCUT2D eigenvalue weighted by atomic mass is 10.00. The van der Waals surface area contributed by atoms with Gasteiger partial charge in [-0.2, -0.15) is 0 Å².